The highest BCUT2D eigenvalue weighted by atomic mass is 32.1. The van der Waals surface area contributed by atoms with Crippen molar-refractivity contribution in [3.05, 3.63) is 98.3 Å². The van der Waals surface area contributed by atoms with E-state index in [0.29, 0.717) is 17.0 Å². The number of carbonyl (C=O) groups is 1. The fourth-order valence-electron chi connectivity index (χ4n) is 3.24. The van der Waals surface area contributed by atoms with Crippen molar-refractivity contribution in [1.29, 1.82) is 0 Å². The number of para-hydroxylation sites is 2. The number of carbonyl (C=O) groups excluding carboxylic acids is 1. The molecule has 0 aliphatic heterocycles. The SMILES string of the molecule is O=C(c1ccccc1OC(F)(F)F)c1c([N+](=O)[O-])sc2c1ccc(=O)n2-c1ccccc1. The van der Waals surface area contributed by atoms with E-state index in [9.17, 15) is 32.9 Å². The summed E-state index contributed by atoms with van der Waals surface area (Å²) in [7, 11) is 0. The lowest BCUT2D eigenvalue weighted by molar-refractivity contribution is -0.380. The van der Waals surface area contributed by atoms with E-state index in [4.69, 9.17) is 0 Å². The van der Waals surface area contributed by atoms with Crippen LogP contribution in [0.2, 0.25) is 0 Å². The maximum atomic E-state index is 13.3. The fourth-order valence-corrected chi connectivity index (χ4v) is 4.37. The van der Waals surface area contributed by atoms with Gasteiger partial charge >= 0.3 is 11.4 Å². The first kappa shape index (κ1) is 21.2. The van der Waals surface area contributed by atoms with Crippen LogP contribution in [0.15, 0.2) is 71.5 Å². The van der Waals surface area contributed by atoms with E-state index in [2.05, 4.69) is 4.74 Å². The minimum absolute atomic E-state index is 0.0666. The molecule has 4 aromatic rings. The fraction of sp³-hybridized carbons (Fsp3) is 0.0476. The number of ketones is 1. The van der Waals surface area contributed by atoms with Crippen molar-refractivity contribution in [3.8, 4) is 11.4 Å². The molecule has 2 heterocycles. The molecule has 0 aliphatic carbocycles. The smallest absolute Gasteiger partial charge is 0.405 e. The Morgan fingerprint density at radius 1 is 1.00 bits per heavy atom. The highest BCUT2D eigenvalue weighted by Gasteiger charge is 2.35. The molecule has 4 rings (SSSR count). The van der Waals surface area contributed by atoms with Crippen LogP contribution in [0.25, 0.3) is 15.9 Å². The number of nitro groups is 1. The molecule has 0 saturated heterocycles. The van der Waals surface area contributed by atoms with Crippen molar-refractivity contribution in [2.45, 2.75) is 6.36 Å². The quantitative estimate of drug-likeness (QED) is 0.235. The molecule has 0 saturated carbocycles. The first-order valence-electron chi connectivity index (χ1n) is 8.95. The van der Waals surface area contributed by atoms with Crippen LogP contribution in [-0.2, 0) is 0 Å². The molecule has 0 amide bonds. The molecule has 0 fully saturated rings. The van der Waals surface area contributed by atoms with Crippen LogP contribution in [0.1, 0.15) is 15.9 Å². The Labute approximate surface area is 181 Å². The molecule has 0 unspecified atom stereocenters. The number of fused-ring (bicyclic) bond motifs is 1. The van der Waals surface area contributed by atoms with Gasteiger partial charge in [0.15, 0.2) is 0 Å². The molecule has 7 nitrogen and oxygen atoms in total. The number of aromatic nitrogens is 1. The lowest BCUT2D eigenvalue weighted by Gasteiger charge is -2.12. The van der Waals surface area contributed by atoms with Gasteiger partial charge in [-0.1, -0.05) is 30.3 Å². The number of benzene rings is 2. The summed E-state index contributed by atoms with van der Waals surface area (Å²) in [6.45, 7) is 0. The number of alkyl halides is 3. The Morgan fingerprint density at radius 2 is 1.66 bits per heavy atom. The van der Waals surface area contributed by atoms with E-state index < -0.39 is 44.5 Å². The number of halogens is 3. The van der Waals surface area contributed by atoms with Crippen LogP contribution in [0.5, 0.6) is 5.75 Å². The molecular formula is C21H11F3N2O5S. The minimum atomic E-state index is -5.06. The van der Waals surface area contributed by atoms with Crippen molar-refractivity contribution in [2.75, 3.05) is 0 Å². The third kappa shape index (κ3) is 3.85. The van der Waals surface area contributed by atoms with Gasteiger partial charge in [0.2, 0.25) is 5.78 Å². The third-order valence-electron chi connectivity index (χ3n) is 4.49. The van der Waals surface area contributed by atoms with Crippen LogP contribution in [0, 0.1) is 10.1 Å². The Morgan fingerprint density at radius 3 is 2.31 bits per heavy atom. The lowest BCUT2D eigenvalue weighted by atomic mass is 10.0. The normalized spacial score (nSPS) is 11.5. The molecule has 0 atom stereocenters. The summed E-state index contributed by atoms with van der Waals surface area (Å²) in [4.78, 5) is 36.9. The van der Waals surface area contributed by atoms with Gasteiger partial charge in [-0.05, 0) is 41.7 Å². The predicted octanol–water partition coefficient (Wildman–Crippen LogP) is 5.09. The van der Waals surface area contributed by atoms with Crippen LogP contribution in [0.4, 0.5) is 18.2 Å². The Hall–Kier alpha value is -3.99. The Bertz CT molecular complexity index is 1410. The van der Waals surface area contributed by atoms with Gasteiger partial charge in [0, 0.05) is 11.5 Å². The summed E-state index contributed by atoms with van der Waals surface area (Å²) < 4.78 is 43.5. The van der Waals surface area contributed by atoms with E-state index in [0.717, 1.165) is 18.2 Å². The molecule has 32 heavy (non-hydrogen) atoms. The Balaban J connectivity index is 1.99. The van der Waals surface area contributed by atoms with Gasteiger partial charge in [0.1, 0.15) is 16.1 Å². The van der Waals surface area contributed by atoms with Crippen molar-refractivity contribution < 1.29 is 27.6 Å². The van der Waals surface area contributed by atoms with E-state index in [1.54, 1.807) is 30.3 Å². The first-order valence-corrected chi connectivity index (χ1v) is 9.77. The minimum Gasteiger partial charge on any atom is -0.405 e. The monoisotopic (exact) mass is 460 g/mol. The molecule has 0 spiro atoms. The number of hydrogen-bond donors (Lipinski definition) is 0. The number of pyridine rings is 1. The largest absolute Gasteiger partial charge is 0.573 e. The molecule has 2 aromatic heterocycles. The zero-order valence-corrected chi connectivity index (χ0v) is 16.6. The average molecular weight is 460 g/mol. The van der Waals surface area contributed by atoms with Gasteiger partial charge in [-0.3, -0.25) is 24.3 Å². The highest BCUT2D eigenvalue weighted by Crippen LogP contribution is 2.40. The first-order chi connectivity index (χ1) is 15.2. The maximum absolute atomic E-state index is 13.3. The summed E-state index contributed by atoms with van der Waals surface area (Å²) in [6, 6.07) is 15.3. The van der Waals surface area contributed by atoms with Gasteiger partial charge in [-0.25, -0.2) is 0 Å². The topological polar surface area (TPSA) is 91.4 Å². The second-order valence-electron chi connectivity index (χ2n) is 6.47. The molecule has 11 heteroatoms. The van der Waals surface area contributed by atoms with E-state index >= 15 is 0 Å². The number of nitrogens with zero attached hydrogens (tertiary/aromatic N) is 2. The third-order valence-corrected chi connectivity index (χ3v) is 5.63. The van der Waals surface area contributed by atoms with Crippen molar-refractivity contribution in [3.63, 3.8) is 0 Å². The summed E-state index contributed by atoms with van der Waals surface area (Å²) >= 11 is 0.590. The molecule has 0 radical (unpaired) electrons. The van der Waals surface area contributed by atoms with E-state index in [-0.39, 0.29) is 10.2 Å². The molecule has 0 aliphatic rings. The zero-order valence-electron chi connectivity index (χ0n) is 15.8. The predicted molar refractivity (Wildman–Crippen MR) is 111 cm³/mol. The van der Waals surface area contributed by atoms with Crippen LogP contribution < -0.4 is 10.3 Å². The van der Waals surface area contributed by atoms with Crippen molar-refractivity contribution >= 4 is 32.3 Å². The van der Waals surface area contributed by atoms with Crippen LogP contribution in [-0.4, -0.2) is 21.6 Å². The average Bonchev–Trinajstić information content (AvgIpc) is 3.13. The molecule has 162 valence electrons. The number of ether oxygens (including phenoxy) is 1. The Kier molecular flexibility index (Phi) is 5.26. The van der Waals surface area contributed by atoms with E-state index in [1.807, 2.05) is 0 Å². The number of thiophene rings is 1. The highest BCUT2D eigenvalue weighted by molar-refractivity contribution is 7.22. The van der Waals surface area contributed by atoms with Crippen LogP contribution >= 0.6 is 11.3 Å². The standard InChI is InChI=1S/C21H11F3N2O5S/c22-21(23,24)31-15-9-5-4-8-13(15)18(28)17-14-10-11-16(27)25(12-6-2-1-3-7-12)19(14)32-20(17)26(29)30/h1-11H. The van der Waals surface area contributed by atoms with Gasteiger partial charge < -0.3 is 4.74 Å². The molecule has 0 N–H and O–H groups in total. The molecular weight excluding hydrogens is 449 g/mol. The molecule has 2 aromatic carbocycles. The molecule has 0 bridgehead atoms. The van der Waals surface area contributed by atoms with Crippen molar-refractivity contribution in [2.24, 2.45) is 0 Å². The van der Waals surface area contributed by atoms with Gasteiger partial charge in [0.25, 0.3) is 5.56 Å². The maximum Gasteiger partial charge on any atom is 0.573 e. The number of hydrogen-bond acceptors (Lipinski definition) is 6. The summed E-state index contributed by atoms with van der Waals surface area (Å²) in [5.74, 6) is -1.81. The lowest BCUT2D eigenvalue weighted by Crippen LogP contribution is -2.19. The van der Waals surface area contributed by atoms with Gasteiger partial charge in [-0.15, -0.1) is 13.2 Å². The van der Waals surface area contributed by atoms with Gasteiger partial charge in [0.05, 0.1) is 16.2 Å². The van der Waals surface area contributed by atoms with Crippen molar-refractivity contribution in [1.82, 2.24) is 4.57 Å². The zero-order chi connectivity index (χ0) is 23.0. The summed E-state index contributed by atoms with van der Waals surface area (Å²) in [5.41, 5.74) is -0.985. The van der Waals surface area contributed by atoms with Crippen LogP contribution in [0.3, 0.4) is 0 Å². The second-order valence-corrected chi connectivity index (χ2v) is 7.45. The summed E-state index contributed by atoms with van der Waals surface area (Å²) in [6.07, 6.45) is -5.06. The van der Waals surface area contributed by atoms with E-state index in [1.165, 1.54) is 22.8 Å². The van der Waals surface area contributed by atoms with Gasteiger partial charge in [-0.2, -0.15) is 0 Å². The summed E-state index contributed by atoms with van der Waals surface area (Å²) in [5, 5.41) is 11.2. The number of rotatable bonds is 5. The second kappa shape index (κ2) is 7.93.